The van der Waals surface area contributed by atoms with Crippen LogP contribution in [-0.4, -0.2) is 13.7 Å². The number of methoxy groups -OCH3 is 1. The first-order chi connectivity index (χ1) is 8.72. The van der Waals surface area contributed by atoms with Gasteiger partial charge in [-0.25, -0.2) is 0 Å². The first kappa shape index (κ1) is 15.5. The molecule has 0 aromatic heterocycles. The number of rotatable bonds is 8. The fraction of sp³-hybridized carbons (Fsp3) is 0.600. The summed E-state index contributed by atoms with van der Waals surface area (Å²) in [4.78, 5) is 0. The molecule has 1 atom stereocenters. The zero-order valence-electron chi connectivity index (χ0n) is 11.6. The Morgan fingerprint density at radius 2 is 2.06 bits per heavy atom. The molecular weight excluding hydrogens is 290 g/mol. The van der Waals surface area contributed by atoms with E-state index in [1.807, 2.05) is 12.1 Å². The second kappa shape index (κ2) is 8.54. The minimum atomic E-state index is 0.432. The average Bonchev–Trinajstić information content (AvgIpc) is 2.38. The van der Waals surface area contributed by atoms with Gasteiger partial charge < -0.3 is 10.1 Å². The molecule has 102 valence electrons. The van der Waals surface area contributed by atoms with E-state index in [9.17, 15) is 0 Å². The SMILES string of the molecule is CCCCCC(NCC)c1ccc(OC)cc1Br. The monoisotopic (exact) mass is 313 g/mol. The molecule has 0 aliphatic carbocycles. The summed E-state index contributed by atoms with van der Waals surface area (Å²) in [6.45, 7) is 5.39. The average molecular weight is 314 g/mol. The number of hydrogen-bond acceptors (Lipinski definition) is 2. The van der Waals surface area contributed by atoms with Crippen molar-refractivity contribution >= 4 is 15.9 Å². The number of benzene rings is 1. The van der Waals surface area contributed by atoms with E-state index < -0.39 is 0 Å². The Kier molecular flexibility index (Phi) is 7.36. The summed E-state index contributed by atoms with van der Waals surface area (Å²) in [6.07, 6.45) is 5.03. The van der Waals surface area contributed by atoms with Crippen molar-refractivity contribution in [3.8, 4) is 5.75 Å². The molecular formula is C15H24BrNO. The van der Waals surface area contributed by atoms with E-state index in [0.717, 1.165) is 16.8 Å². The van der Waals surface area contributed by atoms with E-state index in [4.69, 9.17) is 4.74 Å². The van der Waals surface area contributed by atoms with Crippen LogP contribution in [0.25, 0.3) is 0 Å². The van der Waals surface area contributed by atoms with Gasteiger partial charge in [-0.2, -0.15) is 0 Å². The molecule has 0 saturated carbocycles. The van der Waals surface area contributed by atoms with Crippen LogP contribution in [0.15, 0.2) is 22.7 Å². The lowest BCUT2D eigenvalue weighted by Gasteiger charge is -2.20. The second-order valence-corrected chi connectivity index (χ2v) is 5.35. The van der Waals surface area contributed by atoms with Gasteiger partial charge in [-0.3, -0.25) is 0 Å². The number of halogens is 1. The molecule has 1 N–H and O–H groups in total. The molecule has 0 aliphatic heterocycles. The van der Waals surface area contributed by atoms with Crippen molar-refractivity contribution in [2.24, 2.45) is 0 Å². The molecule has 1 aromatic carbocycles. The molecule has 2 nitrogen and oxygen atoms in total. The van der Waals surface area contributed by atoms with Crippen molar-refractivity contribution in [2.75, 3.05) is 13.7 Å². The minimum absolute atomic E-state index is 0.432. The van der Waals surface area contributed by atoms with E-state index in [-0.39, 0.29) is 0 Å². The molecule has 0 amide bonds. The van der Waals surface area contributed by atoms with Gasteiger partial charge in [0, 0.05) is 10.5 Å². The third-order valence-corrected chi connectivity index (χ3v) is 3.82. The largest absolute Gasteiger partial charge is 0.497 e. The summed E-state index contributed by atoms with van der Waals surface area (Å²) in [5.41, 5.74) is 1.33. The van der Waals surface area contributed by atoms with Crippen molar-refractivity contribution in [3.63, 3.8) is 0 Å². The lowest BCUT2D eigenvalue weighted by Crippen LogP contribution is -2.21. The predicted octanol–water partition coefficient (Wildman–Crippen LogP) is 4.69. The second-order valence-electron chi connectivity index (χ2n) is 4.49. The van der Waals surface area contributed by atoms with E-state index in [1.165, 1.54) is 31.2 Å². The van der Waals surface area contributed by atoms with Crippen molar-refractivity contribution in [2.45, 2.75) is 45.6 Å². The highest BCUT2D eigenvalue weighted by Crippen LogP contribution is 2.30. The van der Waals surface area contributed by atoms with E-state index in [1.54, 1.807) is 7.11 Å². The lowest BCUT2D eigenvalue weighted by molar-refractivity contribution is 0.413. The van der Waals surface area contributed by atoms with Crippen LogP contribution in [0.5, 0.6) is 5.75 Å². The highest BCUT2D eigenvalue weighted by atomic mass is 79.9. The maximum Gasteiger partial charge on any atom is 0.120 e. The minimum Gasteiger partial charge on any atom is -0.497 e. The van der Waals surface area contributed by atoms with Crippen molar-refractivity contribution in [1.82, 2.24) is 5.32 Å². The number of unbranched alkanes of at least 4 members (excludes halogenated alkanes) is 2. The maximum atomic E-state index is 5.24. The Balaban J connectivity index is 2.77. The normalized spacial score (nSPS) is 12.4. The molecule has 0 bridgehead atoms. The fourth-order valence-corrected chi connectivity index (χ4v) is 2.76. The molecule has 0 saturated heterocycles. The van der Waals surface area contributed by atoms with Gasteiger partial charge in [0.05, 0.1) is 7.11 Å². The van der Waals surface area contributed by atoms with Gasteiger partial charge in [-0.15, -0.1) is 0 Å². The first-order valence-electron chi connectivity index (χ1n) is 6.79. The molecule has 3 heteroatoms. The zero-order valence-corrected chi connectivity index (χ0v) is 13.2. The summed E-state index contributed by atoms with van der Waals surface area (Å²) < 4.78 is 6.37. The van der Waals surface area contributed by atoms with E-state index in [0.29, 0.717) is 6.04 Å². The molecule has 0 spiro atoms. The molecule has 0 heterocycles. The third-order valence-electron chi connectivity index (χ3n) is 3.13. The van der Waals surface area contributed by atoms with Gasteiger partial charge in [0.1, 0.15) is 5.75 Å². The highest BCUT2D eigenvalue weighted by Gasteiger charge is 2.13. The first-order valence-corrected chi connectivity index (χ1v) is 7.59. The van der Waals surface area contributed by atoms with Gasteiger partial charge in [-0.05, 0) is 30.7 Å². The van der Waals surface area contributed by atoms with Crippen molar-refractivity contribution < 1.29 is 4.74 Å². The lowest BCUT2D eigenvalue weighted by atomic mass is 10.0. The Bertz CT molecular complexity index is 354. The van der Waals surface area contributed by atoms with Gasteiger partial charge in [-0.1, -0.05) is 55.1 Å². The van der Waals surface area contributed by atoms with Crippen LogP contribution in [0.1, 0.15) is 51.1 Å². The molecule has 18 heavy (non-hydrogen) atoms. The standard InChI is InChI=1S/C15H24BrNO/c1-4-6-7-8-15(17-5-2)13-10-9-12(18-3)11-14(13)16/h9-11,15,17H,4-8H2,1-3H3. The fourth-order valence-electron chi connectivity index (χ4n) is 2.13. The third kappa shape index (κ3) is 4.62. The summed E-state index contributed by atoms with van der Waals surface area (Å²) in [6, 6.07) is 6.66. The predicted molar refractivity (Wildman–Crippen MR) is 81.3 cm³/mol. The van der Waals surface area contributed by atoms with Gasteiger partial charge in [0.2, 0.25) is 0 Å². The van der Waals surface area contributed by atoms with Gasteiger partial charge >= 0.3 is 0 Å². The number of nitrogens with one attached hydrogen (secondary N) is 1. The maximum absolute atomic E-state index is 5.24. The molecule has 0 fully saturated rings. The smallest absolute Gasteiger partial charge is 0.120 e. The van der Waals surface area contributed by atoms with Crippen LogP contribution < -0.4 is 10.1 Å². The Morgan fingerprint density at radius 1 is 1.28 bits per heavy atom. The molecule has 1 unspecified atom stereocenters. The highest BCUT2D eigenvalue weighted by molar-refractivity contribution is 9.10. The van der Waals surface area contributed by atoms with E-state index >= 15 is 0 Å². The summed E-state index contributed by atoms with van der Waals surface area (Å²) >= 11 is 3.65. The Labute approximate surface area is 119 Å². The van der Waals surface area contributed by atoms with Gasteiger partial charge in [0.15, 0.2) is 0 Å². The Morgan fingerprint density at radius 3 is 2.61 bits per heavy atom. The zero-order chi connectivity index (χ0) is 13.4. The van der Waals surface area contributed by atoms with Crippen LogP contribution >= 0.6 is 15.9 Å². The van der Waals surface area contributed by atoms with Crippen LogP contribution in [0.4, 0.5) is 0 Å². The summed E-state index contributed by atoms with van der Waals surface area (Å²) in [5, 5.41) is 3.57. The molecule has 0 aliphatic rings. The van der Waals surface area contributed by atoms with Crippen LogP contribution in [0.2, 0.25) is 0 Å². The van der Waals surface area contributed by atoms with E-state index in [2.05, 4.69) is 41.2 Å². The summed E-state index contributed by atoms with van der Waals surface area (Å²) in [7, 11) is 1.70. The summed E-state index contributed by atoms with van der Waals surface area (Å²) in [5.74, 6) is 0.898. The topological polar surface area (TPSA) is 21.3 Å². The molecule has 0 radical (unpaired) electrons. The van der Waals surface area contributed by atoms with Crippen LogP contribution in [0.3, 0.4) is 0 Å². The van der Waals surface area contributed by atoms with Gasteiger partial charge in [0.25, 0.3) is 0 Å². The number of hydrogen-bond donors (Lipinski definition) is 1. The quantitative estimate of drug-likeness (QED) is 0.703. The van der Waals surface area contributed by atoms with Crippen molar-refractivity contribution in [3.05, 3.63) is 28.2 Å². The molecule has 1 aromatic rings. The van der Waals surface area contributed by atoms with Crippen LogP contribution in [-0.2, 0) is 0 Å². The molecule has 1 rings (SSSR count). The van der Waals surface area contributed by atoms with Crippen molar-refractivity contribution in [1.29, 1.82) is 0 Å². The Hall–Kier alpha value is -0.540. The van der Waals surface area contributed by atoms with Crippen LogP contribution in [0, 0.1) is 0 Å². The number of ether oxygens (including phenoxy) is 1.